The average molecular weight is 1080 g/mol. The van der Waals surface area contributed by atoms with Crippen molar-refractivity contribution in [2.45, 2.75) is 19.6 Å². The van der Waals surface area contributed by atoms with Crippen molar-refractivity contribution < 1.29 is 191 Å². The van der Waals surface area contributed by atoms with E-state index in [2.05, 4.69) is 30.7 Å². The van der Waals surface area contributed by atoms with Crippen molar-refractivity contribution in [2.75, 3.05) is 5.73 Å². The fourth-order valence-electron chi connectivity index (χ4n) is 6.86. The third-order valence-electron chi connectivity index (χ3n) is 9.93. The summed E-state index contributed by atoms with van der Waals surface area (Å²) < 4.78 is 145. The predicted molar refractivity (Wildman–Crippen MR) is 231 cm³/mol. The third-order valence-corrected chi connectivity index (χ3v) is 13.3. The van der Waals surface area contributed by atoms with Crippen LogP contribution in [0.1, 0.15) is 0 Å². The Bertz CT molecular complexity index is 4080. The number of anilines is 1. The average Bonchev–Trinajstić information content (AvgIpc) is 3.23. The van der Waals surface area contributed by atoms with Crippen molar-refractivity contribution >= 4 is 123 Å². The van der Waals surface area contributed by atoms with Crippen LogP contribution in [0.3, 0.4) is 0 Å². The maximum atomic E-state index is 12.5. The molecule has 0 heterocycles. The first-order valence-corrected chi connectivity index (χ1v) is 23.9. The molecule has 8 rings (SSSR count). The van der Waals surface area contributed by atoms with Crippen LogP contribution in [-0.4, -0.2) is 72.3 Å². The molecule has 0 unspecified atom stereocenters. The summed E-state index contributed by atoms with van der Waals surface area (Å²) in [7, 11) is -21.0. The van der Waals surface area contributed by atoms with Gasteiger partial charge in [-0.2, -0.15) is 15.3 Å². The smallest absolute Gasteiger partial charge is 0.744 e. The molecule has 23 nitrogen and oxygen atoms in total. The van der Waals surface area contributed by atoms with Gasteiger partial charge in [0.1, 0.15) is 63.3 Å². The van der Waals surface area contributed by atoms with Crippen LogP contribution in [0.15, 0.2) is 153 Å². The van der Waals surface area contributed by atoms with Gasteiger partial charge in [-0.1, -0.05) is 6.07 Å². The van der Waals surface area contributed by atoms with E-state index in [0.717, 1.165) is 36.4 Å². The molecule has 0 aliphatic heterocycles. The fraction of sp³-hybridized carbons (Fsp3) is 0. The van der Waals surface area contributed by atoms with E-state index in [1.807, 2.05) is 0 Å². The number of fused-ring (bicyclic) bond motifs is 4. The van der Waals surface area contributed by atoms with Gasteiger partial charge in [-0.05, 0) is 119 Å². The number of rotatable bonds is 10. The van der Waals surface area contributed by atoms with Gasteiger partial charge in [0, 0.05) is 27.2 Å². The van der Waals surface area contributed by atoms with Gasteiger partial charge >= 0.3 is 118 Å². The van der Waals surface area contributed by atoms with Crippen molar-refractivity contribution in [3.63, 3.8) is 0 Å². The van der Waals surface area contributed by atoms with Gasteiger partial charge in [0.15, 0.2) is 17.2 Å². The summed E-state index contributed by atoms with van der Waals surface area (Å²) in [6, 6.07) is 19.1. The van der Waals surface area contributed by atoms with Gasteiger partial charge in [0.05, 0.1) is 36.6 Å². The second-order valence-electron chi connectivity index (χ2n) is 14.3. The van der Waals surface area contributed by atoms with Crippen LogP contribution in [0, 0.1) is 0 Å². The molecule has 8 aromatic carbocycles. The molecule has 0 atom stereocenters. The van der Waals surface area contributed by atoms with Gasteiger partial charge in [0.25, 0.3) is 0 Å². The first-order valence-electron chi connectivity index (χ1n) is 18.3. The van der Waals surface area contributed by atoms with Crippen LogP contribution >= 0.6 is 0 Å². The summed E-state index contributed by atoms with van der Waals surface area (Å²) >= 11 is 0. The second kappa shape index (κ2) is 22.4. The molecule has 31 heteroatoms. The number of phenols is 4. The van der Waals surface area contributed by atoms with Crippen LogP contribution in [0.25, 0.3) is 43.1 Å². The Morgan fingerprint density at radius 2 is 0.718 bits per heavy atom. The Labute approximate surface area is 489 Å². The molecule has 0 saturated carbocycles. The van der Waals surface area contributed by atoms with Crippen molar-refractivity contribution in [3.05, 3.63) is 103 Å². The molecule has 8 aromatic rings. The molecular formula is C40H23N7Na4O16S4. The maximum absolute atomic E-state index is 12.5. The quantitative estimate of drug-likeness (QED) is 0.0373. The standard InChI is InChI=1S/C40H27N7O16S4.4Na/c41-22-2-6-27-19(9-22)13-32(65(55,56)57)35(38(27)49)45-42-23-4-7-28-20(10-23)14-33(66(58,59)60)36(39(28)50)46-43-24-5-8-29-21(11-24)15-34(67(61,62)63)37(40(29)51)47-44-25-3-1-18-12-26(64(52,53)54)17-31(48)30(18)16-25;;;;/h1-17,48-51H,41H2,(H,52,53,54)(H,55,56,57)(H,58,59,60)(H,61,62,63);;;;/q;4*+1/p-4. The molecule has 0 saturated heterocycles. The van der Waals surface area contributed by atoms with E-state index in [-0.39, 0.29) is 184 Å². The van der Waals surface area contributed by atoms with Gasteiger partial charge in [0.2, 0.25) is 0 Å². The molecule has 0 aliphatic carbocycles. The summed E-state index contributed by atoms with van der Waals surface area (Å²) in [5.41, 5.74) is 3.17. The van der Waals surface area contributed by atoms with E-state index in [0.29, 0.717) is 6.07 Å². The number of aromatic hydroxyl groups is 4. The zero-order valence-corrected chi connectivity index (χ0v) is 48.2. The Kier molecular flexibility index (Phi) is 18.8. The van der Waals surface area contributed by atoms with E-state index in [4.69, 9.17) is 5.73 Å². The zero-order valence-electron chi connectivity index (χ0n) is 36.9. The number of nitrogen functional groups attached to an aromatic ring is 1. The first-order chi connectivity index (χ1) is 31.3. The normalized spacial score (nSPS) is 12.3. The minimum atomic E-state index is -5.45. The molecule has 0 radical (unpaired) electrons. The number of hydrogen-bond donors (Lipinski definition) is 5. The van der Waals surface area contributed by atoms with Crippen LogP contribution in [0.2, 0.25) is 0 Å². The summed E-state index contributed by atoms with van der Waals surface area (Å²) in [5, 5.41) is 66.3. The van der Waals surface area contributed by atoms with E-state index in [9.17, 15) is 72.3 Å². The van der Waals surface area contributed by atoms with Crippen molar-refractivity contribution in [2.24, 2.45) is 30.7 Å². The number of nitrogens with two attached hydrogens (primary N) is 1. The summed E-state index contributed by atoms with van der Waals surface area (Å²) in [5.74, 6) is -3.06. The number of phenolic OH excluding ortho intramolecular Hbond substituents is 4. The summed E-state index contributed by atoms with van der Waals surface area (Å²) in [6.07, 6.45) is 0. The monoisotopic (exact) mass is 1080 g/mol. The van der Waals surface area contributed by atoms with Crippen LogP contribution in [0.4, 0.5) is 39.8 Å². The molecule has 0 bridgehead atoms. The molecule has 342 valence electrons. The van der Waals surface area contributed by atoms with E-state index in [1.165, 1.54) is 60.7 Å². The van der Waals surface area contributed by atoms with Crippen LogP contribution in [0.5, 0.6) is 23.0 Å². The molecule has 0 amide bonds. The zero-order chi connectivity index (χ0) is 48.5. The number of nitrogens with zero attached hydrogens (tertiary/aromatic N) is 6. The summed E-state index contributed by atoms with van der Waals surface area (Å²) in [6.45, 7) is 0. The van der Waals surface area contributed by atoms with Gasteiger partial charge in [-0.3, -0.25) is 0 Å². The Balaban J connectivity index is 0.00000274. The topological polar surface area (TPSA) is 410 Å². The Hall–Kier alpha value is -3.76. The SMILES string of the molecule is Nc1ccc2c(O)c(N=Nc3ccc4c(O)c(N=Nc5ccc6c(O)c(N=Nc7ccc8cc(S(=O)(=O)[O-])cc(O)c8c7)c(S(=O)(=O)[O-])cc6c5)c(S(=O)(=O)[O-])cc4c3)c(S(=O)(=O)[O-])cc2c1.[Na+].[Na+].[Na+].[Na+]. The molecule has 0 aliphatic rings. The first kappa shape index (κ1) is 59.8. The van der Waals surface area contributed by atoms with E-state index >= 15 is 0 Å². The van der Waals surface area contributed by atoms with Crippen LogP contribution in [-0.2, 0) is 40.5 Å². The molecule has 0 fully saturated rings. The minimum Gasteiger partial charge on any atom is -0.744 e. The van der Waals surface area contributed by atoms with Crippen LogP contribution < -0.4 is 124 Å². The van der Waals surface area contributed by atoms with Gasteiger partial charge in [-0.25, -0.2) is 33.7 Å². The Morgan fingerprint density at radius 1 is 0.366 bits per heavy atom. The third kappa shape index (κ3) is 12.6. The van der Waals surface area contributed by atoms with Crippen molar-refractivity contribution in [3.8, 4) is 23.0 Å². The molecule has 6 N–H and O–H groups in total. The molecule has 0 aromatic heterocycles. The summed E-state index contributed by atoms with van der Waals surface area (Å²) in [4.78, 5) is -3.79. The Morgan fingerprint density at radius 3 is 1.10 bits per heavy atom. The number of benzene rings is 8. The minimum absolute atomic E-state index is 0. The van der Waals surface area contributed by atoms with Crippen molar-refractivity contribution in [1.29, 1.82) is 0 Å². The predicted octanol–water partition coefficient (Wildman–Crippen LogP) is -4.42. The fourth-order valence-corrected chi connectivity index (χ4v) is 9.33. The molecule has 0 spiro atoms. The largest absolute Gasteiger partial charge is 1.00 e. The number of azo groups is 3. The van der Waals surface area contributed by atoms with E-state index < -0.39 is 100 Å². The maximum Gasteiger partial charge on any atom is 1.00 e. The van der Waals surface area contributed by atoms with Crippen molar-refractivity contribution in [1.82, 2.24) is 0 Å². The van der Waals surface area contributed by atoms with Gasteiger partial charge < -0.3 is 44.4 Å². The van der Waals surface area contributed by atoms with E-state index in [1.54, 1.807) is 0 Å². The molecule has 71 heavy (non-hydrogen) atoms. The molecular weight excluding hydrogens is 1050 g/mol. The van der Waals surface area contributed by atoms with Gasteiger partial charge in [-0.15, -0.1) is 15.3 Å². The number of hydrogen-bond acceptors (Lipinski definition) is 23. The second-order valence-corrected chi connectivity index (χ2v) is 19.7.